The zero-order chi connectivity index (χ0) is 18.1. The van der Waals surface area contributed by atoms with E-state index < -0.39 is 0 Å². The van der Waals surface area contributed by atoms with E-state index in [1.807, 2.05) is 42.5 Å². The minimum Gasteiger partial charge on any atom is -0.357 e. The van der Waals surface area contributed by atoms with Gasteiger partial charge in [0, 0.05) is 24.8 Å². The first-order chi connectivity index (χ1) is 13.3. The summed E-state index contributed by atoms with van der Waals surface area (Å²) in [5, 5.41) is 3.23. The number of hydrogen-bond donors (Lipinski definition) is 2. The Morgan fingerprint density at radius 3 is 2.81 bits per heavy atom. The smallest absolute Gasteiger partial charge is 0.228 e. The van der Waals surface area contributed by atoms with Gasteiger partial charge in [0.05, 0.1) is 23.1 Å². The summed E-state index contributed by atoms with van der Waals surface area (Å²) in [6.07, 6.45) is 5.91. The van der Waals surface area contributed by atoms with Crippen molar-refractivity contribution in [1.82, 2.24) is 24.9 Å². The summed E-state index contributed by atoms with van der Waals surface area (Å²) in [6.45, 7) is 2.14. The molecule has 1 aromatic carbocycles. The monoisotopic (exact) mass is 357 g/mol. The van der Waals surface area contributed by atoms with E-state index >= 15 is 0 Å². The van der Waals surface area contributed by atoms with Gasteiger partial charge >= 0.3 is 0 Å². The van der Waals surface area contributed by atoms with E-state index in [-0.39, 0.29) is 0 Å². The van der Waals surface area contributed by atoms with E-state index in [9.17, 15) is 0 Å². The van der Waals surface area contributed by atoms with Crippen LogP contribution in [0.5, 0.6) is 0 Å². The summed E-state index contributed by atoms with van der Waals surface area (Å²) < 4.78 is 0. The van der Waals surface area contributed by atoms with Gasteiger partial charge in [-0.1, -0.05) is 12.1 Å². The quantitative estimate of drug-likeness (QED) is 0.579. The number of H-pyrrole nitrogens is 1. The third kappa shape index (κ3) is 3.19. The molecule has 0 atom stereocenters. The van der Waals surface area contributed by atoms with Crippen LogP contribution < -0.4 is 10.2 Å². The van der Waals surface area contributed by atoms with E-state index in [0.717, 1.165) is 47.0 Å². The molecule has 134 valence electrons. The van der Waals surface area contributed by atoms with Crippen molar-refractivity contribution in [3.05, 3.63) is 55.0 Å². The zero-order valence-electron chi connectivity index (χ0n) is 14.8. The number of aromatic amines is 1. The Morgan fingerprint density at radius 1 is 0.963 bits per heavy atom. The molecule has 0 spiro atoms. The van der Waals surface area contributed by atoms with Crippen molar-refractivity contribution in [3.8, 4) is 11.3 Å². The Labute approximate surface area is 156 Å². The molecule has 1 aliphatic heterocycles. The van der Waals surface area contributed by atoms with Crippen molar-refractivity contribution in [3.63, 3.8) is 0 Å². The van der Waals surface area contributed by atoms with Crippen LogP contribution >= 0.6 is 0 Å². The van der Waals surface area contributed by atoms with Crippen LogP contribution in [0.2, 0.25) is 0 Å². The number of pyridine rings is 1. The molecule has 0 unspecified atom stereocenters. The van der Waals surface area contributed by atoms with Gasteiger partial charge in [-0.25, -0.2) is 19.9 Å². The Morgan fingerprint density at radius 2 is 1.89 bits per heavy atom. The summed E-state index contributed by atoms with van der Waals surface area (Å²) in [7, 11) is 0. The van der Waals surface area contributed by atoms with E-state index in [1.165, 1.54) is 12.8 Å². The summed E-state index contributed by atoms with van der Waals surface area (Å²) in [5.41, 5.74) is 3.78. The first-order valence-electron chi connectivity index (χ1n) is 9.11. The van der Waals surface area contributed by atoms with Crippen molar-refractivity contribution < 1.29 is 0 Å². The highest BCUT2D eigenvalue weighted by atomic mass is 15.2. The number of anilines is 3. The van der Waals surface area contributed by atoms with Gasteiger partial charge in [-0.3, -0.25) is 0 Å². The van der Waals surface area contributed by atoms with Crippen molar-refractivity contribution in [2.24, 2.45) is 0 Å². The van der Waals surface area contributed by atoms with Gasteiger partial charge in [0.2, 0.25) is 5.95 Å². The number of nitrogens with zero attached hydrogens (tertiary/aromatic N) is 5. The first kappa shape index (κ1) is 15.7. The molecule has 0 bridgehead atoms. The Hall–Kier alpha value is -3.48. The van der Waals surface area contributed by atoms with Gasteiger partial charge in [0.25, 0.3) is 0 Å². The molecule has 7 heteroatoms. The van der Waals surface area contributed by atoms with E-state index in [2.05, 4.69) is 30.2 Å². The second-order valence-corrected chi connectivity index (χ2v) is 6.60. The Kier molecular flexibility index (Phi) is 3.90. The summed E-state index contributed by atoms with van der Waals surface area (Å²) >= 11 is 0. The molecule has 27 heavy (non-hydrogen) atoms. The number of rotatable bonds is 4. The molecule has 0 aliphatic carbocycles. The molecule has 4 aromatic rings. The summed E-state index contributed by atoms with van der Waals surface area (Å²) in [4.78, 5) is 23.4. The van der Waals surface area contributed by atoms with Crippen LogP contribution in [-0.2, 0) is 0 Å². The van der Waals surface area contributed by atoms with Gasteiger partial charge in [-0.15, -0.1) is 0 Å². The molecule has 0 radical (unpaired) electrons. The van der Waals surface area contributed by atoms with Crippen LogP contribution in [0.1, 0.15) is 12.8 Å². The average Bonchev–Trinajstić information content (AvgIpc) is 3.40. The largest absolute Gasteiger partial charge is 0.357 e. The molecule has 2 N–H and O–H groups in total. The number of aromatic nitrogens is 5. The van der Waals surface area contributed by atoms with Gasteiger partial charge < -0.3 is 15.2 Å². The van der Waals surface area contributed by atoms with Gasteiger partial charge in [0.1, 0.15) is 11.6 Å². The first-order valence-corrected chi connectivity index (χ1v) is 9.11. The molecular weight excluding hydrogens is 338 g/mol. The summed E-state index contributed by atoms with van der Waals surface area (Å²) in [6, 6.07) is 13.9. The topological polar surface area (TPSA) is 82.6 Å². The van der Waals surface area contributed by atoms with Crippen LogP contribution in [0.15, 0.2) is 55.0 Å². The number of hydrogen-bond acceptors (Lipinski definition) is 6. The van der Waals surface area contributed by atoms with Crippen molar-refractivity contribution in [2.45, 2.75) is 12.8 Å². The van der Waals surface area contributed by atoms with E-state index in [4.69, 9.17) is 4.98 Å². The lowest BCUT2D eigenvalue weighted by atomic mass is 10.1. The van der Waals surface area contributed by atoms with Crippen molar-refractivity contribution in [1.29, 1.82) is 0 Å². The number of nitrogens with one attached hydrogen (secondary N) is 2. The Bertz CT molecular complexity index is 1080. The average molecular weight is 357 g/mol. The second kappa shape index (κ2) is 6.68. The molecule has 0 saturated carbocycles. The third-order valence-electron chi connectivity index (χ3n) is 4.78. The van der Waals surface area contributed by atoms with Crippen molar-refractivity contribution in [2.75, 3.05) is 23.3 Å². The van der Waals surface area contributed by atoms with Crippen LogP contribution in [0.25, 0.3) is 22.3 Å². The summed E-state index contributed by atoms with van der Waals surface area (Å²) in [5.74, 6) is 2.28. The minimum absolute atomic E-state index is 0.531. The predicted molar refractivity (Wildman–Crippen MR) is 106 cm³/mol. The number of fused-ring (bicyclic) bond motifs is 1. The molecule has 4 heterocycles. The van der Waals surface area contributed by atoms with Gasteiger partial charge in [-0.2, -0.15) is 0 Å². The molecule has 1 aliphatic rings. The molecule has 1 saturated heterocycles. The Balaban J connectivity index is 1.41. The maximum absolute atomic E-state index is 4.71. The van der Waals surface area contributed by atoms with Gasteiger partial charge in [-0.05, 0) is 43.2 Å². The second-order valence-electron chi connectivity index (χ2n) is 6.60. The molecular formula is C20H19N7. The lowest BCUT2D eigenvalue weighted by Gasteiger charge is -2.17. The highest BCUT2D eigenvalue weighted by Crippen LogP contribution is 2.23. The predicted octanol–water partition coefficient (Wildman–Crippen LogP) is 3.76. The number of benzene rings is 1. The van der Waals surface area contributed by atoms with Crippen LogP contribution in [-0.4, -0.2) is 38.0 Å². The SMILES string of the molecule is c1cc(Nc2nccc(-c3ccc4nc[nH]c4c3)n2)nc(N2CCCC2)c1. The fraction of sp³-hybridized carbons (Fsp3) is 0.200. The molecule has 1 fully saturated rings. The maximum Gasteiger partial charge on any atom is 0.228 e. The van der Waals surface area contributed by atoms with Crippen LogP contribution in [0.3, 0.4) is 0 Å². The fourth-order valence-electron chi connectivity index (χ4n) is 3.40. The fourth-order valence-corrected chi connectivity index (χ4v) is 3.40. The normalized spacial score (nSPS) is 14.0. The van der Waals surface area contributed by atoms with Gasteiger partial charge in [0.15, 0.2) is 0 Å². The third-order valence-corrected chi connectivity index (χ3v) is 4.78. The highest BCUT2D eigenvalue weighted by Gasteiger charge is 2.14. The van der Waals surface area contributed by atoms with Crippen LogP contribution in [0.4, 0.5) is 17.6 Å². The minimum atomic E-state index is 0.531. The lowest BCUT2D eigenvalue weighted by molar-refractivity contribution is 0.938. The molecule has 7 nitrogen and oxygen atoms in total. The van der Waals surface area contributed by atoms with E-state index in [0.29, 0.717) is 5.95 Å². The van der Waals surface area contributed by atoms with Crippen molar-refractivity contribution >= 4 is 28.6 Å². The van der Waals surface area contributed by atoms with Crippen LogP contribution in [0, 0.1) is 0 Å². The lowest BCUT2D eigenvalue weighted by Crippen LogP contribution is -2.19. The molecule has 5 rings (SSSR count). The number of imidazole rings is 1. The van der Waals surface area contributed by atoms with E-state index in [1.54, 1.807) is 12.5 Å². The molecule has 0 amide bonds. The standard InChI is InChI=1S/C20H19N7/c1-2-11-27(10-1)19-5-3-4-18(25-19)26-20-21-9-8-15(24-20)14-6-7-16-17(12-14)23-13-22-16/h3-9,12-13H,1-2,10-11H2,(H,22,23)(H,21,24,25,26). The highest BCUT2D eigenvalue weighted by molar-refractivity contribution is 5.80. The maximum atomic E-state index is 4.71. The molecule has 3 aromatic heterocycles. The zero-order valence-corrected chi connectivity index (χ0v) is 14.8.